The number of hydrogen-bond acceptors (Lipinski definition) is 16. The number of unbranched alkanes of at least 4 members (excludes halogenated alkanes) is 3. The molecule has 0 aromatic carbocycles. The Kier molecular flexibility index (Phi) is 34.1. The molecule has 0 atom stereocenters. The van der Waals surface area contributed by atoms with Gasteiger partial charge in [0.2, 0.25) is 11.8 Å². The van der Waals surface area contributed by atoms with Gasteiger partial charge in [-0.1, -0.05) is 102 Å². The third-order valence-corrected chi connectivity index (χ3v) is 16.5. The second kappa shape index (κ2) is 41.4. The lowest BCUT2D eigenvalue weighted by atomic mass is 10.1. The Hall–Kier alpha value is -8.91. The summed E-state index contributed by atoms with van der Waals surface area (Å²) in [6.07, 6.45) is 12.1. The Labute approximate surface area is 604 Å². The van der Waals surface area contributed by atoms with Crippen LogP contribution in [-0.4, -0.2) is 167 Å². The number of H-pyrrole nitrogens is 4. The molecular weight excluding hydrogens is 1330 g/mol. The number of nitriles is 1. The molecule has 0 spiro atoms. The van der Waals surface area contributed by atoms with Crippen molar-refractivity contribution < 1.29 is 35.9 Å². The van der Waals surface area contributed by atoms with E-state index in [-0.39, 0.29) is 46.9 Å². The zero-order valence-electron chi connectivity index (χ0n) is 63.2. The SMILES string of the molecule is CCCCN(C)Cc1cn[nH]c1-c1ccc(N(C)C(=O)C(C)C)nc1.CCCCN(C)Cc1cn[nH]c1-c1ccc(NC(=O)C(C)C)nc1.CCCCN(C)Cc1cn[nH]c1-c1cnc(N(CC(C)C)CC(C)C)c(C(F)(F)F)c1.CCCN(C)Cc1cn[nH]c1-c1cnc(C#N)c(C(F)(F)F)c1. The highest BCUT2D eigenvalue weighted by Crippen LogP contribution is 2.39. The summed E-state index contributed by atoms with van der Waals surface area (Å²) in [7, 11) is 9.94. The van der Waals surface area contributed by atoms with E-state index in [0.717, 1.165) is 109 Å². The topological polar surface area (TPSA) is 256 Å². The highest BCUT2D eigenvalue weighted by Gasteiger charge is 2.38. The van der Waals surface area contributed by atoms with Crippen molar-refractivity contribution in [3.05, 3.63) is 125 Å². The van der Waals surface area contributed by atoms with Crippen molar-refractivity contribution in [1.82, 2.24) is 80.3 Å². The number of aromatic amines is 4. The monoisotopic (exact) mass is 1430 g/mol. The van der Waals surface area contributed by atoms with E-state index < -0.39 is 29.2 Å². The number of hydrogen-bond donors (Lipinski definition) is 5. The molecule has 8 aromatic heterocycles. The van der Waals surface area contributed by atoms with Crippen molar-refractivity contribution in [2.24, 2.45) is 23.7 Å². The molecule has 5 N–H and O–H groups in total. The molecule has 2 amide bonds. The summed E-state index contributed by atoms with van der Waals surface area (Å²) in [5, 5.41) is 39.7. The van der Waals surface area contributed by atoms with Gasteiger partial charge in [0.25, 0.3) is 0 Å². The van der Waals surface area contributed by atoms with Crippen LogP contribution in [0.4, 0.5) is 43.8 Å². The lowest BCUT2D eigenvalue weighted by molar-refractivity contribution is -0.138. The molecule has 8 aromatic rings. The van der Waals surface area contributed by atoms with E-state index in [4.69, 9.17) is 5.26 Å². The molecule has 0 aliphatic rings. The maximum absolute atomic E-state index is 14.1. The van der Waals surface area contributed by atoms with Crippen molar-refractivity contribution >= 4 is 29.3 Å². The first-order valence-electron chi connectivity index (χ1n) is 35.5. The summed E-state index contributed by atoms with van der Waals surface area (Å²) in [6.45, 7) is 31.9. The lowest BCUT2D eigenvalue weighted by Crippen LogP contribution is -2.33. The number of alkyl halides is 6. The van der Waals surface area contributed by atoms with E-state index in [9.17, 15) is 35.9 Å². The number of pyridine rings is 4. The van der Waals surface area contributed by atoms with Gasteiger partial charge in [-0.3, -0.25) is 34.9 Å². The van der Waals surface area contributed by atoms with Gasteiger partial charge in [0.15, 0.2) is 5.69 Å². The van der Waals surface area contributed by atoms with Crippen LogP contribution in [0.5, 0.6) is 0 Å². The molecule has 0 aliphatic carbocycles. The average molecular weight is 1440 g/mol. The first-order chi connectivity index (χ1) is 48.8. The fraction of sp³-hybridized carbons (Fsp3) is 0.533. The number of carbonyl (C=O) groups is 2. The molecule has 0 bridgehead atoms. The predicted octanol–water partition coefficient (Wildman–Crippen LogP) is 15.7. The Balaban J connectivity index is 0.000000249. The van der Waals surface area contributed by atoms with Crippen LogP contribution in [0.15, 0.2) is 86.0 Å². The van der Waals surface area contributed by atoms with E-state index in [1.165, 1.54) is 50.2 Å². The highest BCUT2D eigenvalue weighted by atomic mass is 19.4. The summed E-state index contributed by atoms with van der Waals surface area (Å²) in [5.41, 5.74) is 7.21. The first kappa shape index (κ1) is 84.7. The van der Waals surface area contributed by atoms with E-state index in [1.54, 1.807) is 41.6 Å². The molecular formula is C75H108F6N20O2. The van der Waals surface area contributed by atoms with E-state index in [0.29, 0.717) is 54.8 Å². The van der Waals surface area contributed by atoms with Gasteiger partial charge in [0.1, 0.15) is 23.5 Å². The number of aromatic nitrogens is 12. The molecule has 0 radical (unpaired) electrons. The van der Waals surface area contributed by atoms with Crippen molar-refractivity contribution in [1.29, 1.82) is 5.26 Å². The Morgan fingerprint density at radius 3 is 1.22 bits per heavy atom. The minimum Gasteiger partial charge on any atom is -0.356 e. The van der Waals surface area contributed by atoms with Crippen molar-refractivity contribution in [2.45, 2.75) is 167 Å². The molecule has 8 rings (SSSR count). The van der Waals surface area contributed by atoms with Crippen molar-refractivity contribution in [3.8, 4) is 51.1 Å². The number of amides is 2. The van der Waals surface area contributed by atoms with Gasteiger partial charge in [-0.25, -0.2) is 19.9 Å². The lowest BCUT2D eigenvalue weighted by Gasteiger charge is -2.30. The van der Waals surface area contributed by atoms with Crippen LogP contribution in [0.3, 0.4) is 0 Å². The van der Waals surface area contributed by atoms with Gasteiger partial charge in [-0.2, -0.15) is 52.0 Å². The minimum atomic E-state index is -4.63. The van der Waals surface area contributed by atoms with E-state index in [1.807, 2.05) is 113 Å². The summed E-state index contributed by atoms with van der Waals surface area (Å²) >= 11 is 0. The molecule has 28 heteroatoms. The van der Waals surface area contributed by atoms with Gasteiger partial charge < -0.3 is 29.8 Å². The Morgan fingerprint density at radius 1 is 0.485 bits per heavy atom. The number of nitrogens with one attached hydrogen (secondary N) is 5. The zero-order valence-corrected chi connectivity index (χ0v) is 63.2. The molecule has 562 valence electrons. The number of anilines is 3. The number of nitrogens with zero attached hydrogens (tertiary/aromatic N) is 15. The quantitative estimate of drug-likeness (QED) is 0.0246. The largest absolute Gasteiger partial charge is 0.419 e. The zero-order chi connectivity index (χ0) is 76.1. The summed E-state index contributed by atoms with van der Waals surface area (Å²) in [4.78, 5) is 52.7. The van der Waals surface area contributed by atoms with Crippen molar-refractivity contribution in [2.75, 3.05) is 89.6 Å². The third kappa shape index (κ3) is 26.7. The summed E-state index contributed by atoms with van der Waals surface area (Å²) in [6, 6.07) is 11.2. The third-order valence-electron chi connectivity index (χ3n) is 16.5. The number of halogens is 6. The maximum atomic E-state index is 14.1. The maximum Gasteiger partial charge on any atom is 0.419 e. The normalized spacial score (nSPS) is 11.7. The molecule has 0 saturated heterocycles. The van der Waals surface area contributed by atoms with Crippen LogP contribution in [0.2, 0.25) is 0 Å². The molecule has 22 nitrogen and oxygen atoms in total. The average Bonchev–Trinajstić information content (AvgIpc) is 1.69. The second-order valence-corrected chi connectivity index (χ2v) is 27.6. The second-order valence-electron chi connectivity index (χ2n) is 27.6. The van der Waals surface area contributed by atoms with E-state index in [2.05, 4.69) is 121 Å². The van der Waals surface area contributed by atoms with Crippen LogP contribution < -0.4 is 15.1 Å². The predicted molar refractivity (Wildman–Crippen MR) is 396 cm³/mol. The van der Waals surface area contributed by atoms with E-state index >= 15 is 0 Å². The van der Waals surface area contributed by atoms with Crippen LogP contribution in [0.25, 0.3) is 45.0 Å². The fourth-order valence-electron chi connectivity index (χ4n) is 11.1. The smallest absolute Gasteiger partial charge is 0.356 e. The van der Waals surface area contributed by atoms with Crippen LogP contribution in [-0.2, 0) is 48.1 Å². The standard InChI is InChI=1S/C23H36F3N5.C19H29N5O.C18H27N5O.C15H16F3N5/c1-7-8-9-30(6)15-19-12-28-29-21(19)18-10-20(23(24,25)26)22(27-11-18)31(13-16(2)3)14-17(4)5;1-6-7-10-23(4)13-16-12-21-22-18(16)15-8-9-17(20-11-15)24(5)19(25)14(2)3;1-5-6-9-23(4)12-15-11-20-22-17(15)14-7-8-16(19-10-14)21-18(24)13(2)3;1-3-4-23(2)9-11-8-21-22-14(11)10-5-12(15(16,17)18)13(6-19)20-7-10/h10-12,16-17H,7-9,13-15H2,1-6H3,(H,28,29);8-9,11-12,14H,6-7,10,13H2,1-5H3,(H,21,22);7-8,10-11,13H,5-6,9,12H2,1-4H3,(H,20,22)(H,19,21,24);5,7-8H,3-4,9H2,1-2H3,(H,21,22). The fourth-order valence-corrected chi connectivity index (χ4v) is 11.1. The summed E-state index contributed by atoms with van der Waals surface area (Å²) < 4.78 is 81.3. The number of carbonyl (C=O) groups excluding carboxylic acids is 2. The van der Waals surface area contributed by atoms with Gasteiger partial charge in [0, 0.05) is 127 Å². The van der Waals surface area contributed by atoms with Gasteiger partial charge in [-0.15, -0.1) is 0 Å². The van der Waals surface area contributed by atoms with Gasteiger partial charge >= 0.3 is 12.4 Å². The van der Waals surface area contributed by atoms with Crippen LogP contribution >= 0.6 is 0 Å². The molecule has 0 saturated carbocycles. The van der Waals surface area contributed by atoms with Crippen LogP contribution in [0.1, 0.15) is 167 Å². The molecule has 0 fully saturated rings. The molecule has 0 aliphatic heterocycles. The first-order valence-corrected chi connectivity index (χ1v) is 35.5. The minimum absolute atomic E-state index is 0.000204. The highest BCUT2D eigenvalue weighted by molar-refractivity contribution is 5.93. The van der Waals surface area contributed by atoms with Gasteiger partial charge in [-0.05, 0) is 128 Å². The Bertz CT molecular complexity index is 3840. The van der Waals surface area contributed by atoms with Gasteiger partial charge in [0.05, 0.1) is 58.7 Å². The van der Waals surface area contributed by atoms with Crippen LogP contribution in [0, 0.1) is 35.0 Å². The molecule has 103 heavy (non-hydrogen) atoms. The number of rotatable bonds is 32. The molecule has 8 heterocycles. The molecule has 0 unspecified atom stereocenters. The Morgan fingerprint density at radius 2 is 0.874 bits per heavy atom. The van der Waals surface area contributed by atoms with Crippen molar-refractivity contribution in [3.63, 3.8) is 0 Å². The summed E-state index contributed by atoms with van der Waals surface area (Å²) in [5.74, 6) is 1.57.